The SMILES string of the molecule is Cc1cc(C)c2c(c1)CC(C)(C)C(=O)N2. The van der Waals surface area contributed by atoms with Crippen molar-refractivity contribution >= 4 is 11.6 Å². The number of aryl methyl sites for hydroxylation is 2. The van der Waals surface area contributed by atoms with E-state index in [2.05, 4.69) is 24.4 Å². The summed E-state index contributed by atoms with van der Waals surface area (Å²) in [6.45, 7) is 8.12. The van der Waals surface area contributed by atoms with Gasteiger partial charge in [0.1, 0.15) is 0 Å². The van der Waals surface area contributed by atoms with Crippen molar-refractivity contribution in [2.24, 2.45) is 5.41 Å². The number of anilines is 1. The second kappa shape index (κ2) is 3.09. The summed E-state index contributed by atoms with van der Waals surface area (Å²) in [5, 5.41) is 3.01. The minimum absolute atomic E-state index is 0.127. The summed E-state index contributed by atoms with van der Waals surface area (Å²) in [5.74, 6) is 0.127. The Hall–Kier alpha value is -1.31. The Labute approximate surface area is 90.7 Å². The number of fused-ring (bicyclic) bond motifs is 1. The Bertz CT molecular complexity index is 432. The van der Waals surface area contributed by atoms with Gasteiger partial charge in [0, 0.05) is 11.1 Å². The van der Waals surface area contributed by atoms with E-state index in [1.165, 1.54) is 11.1 Å². The third-order valence-corrected chi connectivity index (χ3v) is 3.05. The largest absolute Gasteiger partial charge is 0.325 e. The van der Waals surface area contributed by atoms with Gasteiger partial charge < -0.3 is 5.32 Å². The van der Waals surface area contributed by atoms with Crippen LogP contribution in [0.1, 0.15) is 30.5 Å². The van der Waals surface area contributed by atoms with E-state index in [-0.39, 0.29) is 11.3 Å². The Balaban J connectivity index is 2.55. The van der Waals surface area contributed by atoms with Gasteiger partial charge in [-0.25, -0.2) is 0 Å². The summed E-state index contributed by atoms with van der Waals surface area (Å²) in [7, 11) is 0. The second-order valence-electron chi connectivity index (χ2n) is 5.13. The van der Waals surface area contributed by atoms with Crippen molar-refractivity contribution in [1.29, 1.82) is 0 Å². The van der Waals surface area contributed by atoms with Gasteiger partial charge in [0.25, 0.3) is 0 Å². The topological polar surface area (TPSA) is 29.1 Å². The molecule has 0 spiro atoms. The van der Waals surface area contributed by atoms with Crippen molar-refractivity contribution in [2.45, 2.75) is 34.1 Å². The van der Waals surface area contributed by atoms with Crippen LogP contribution in [-0.2, 0) is 11.2 Å². The van der Waals surface area contributed by atoms with Crippen LogP contribution in [0.25, 0.3) is 0 Å². The smallest absolute Gasteiger partial charge is 0.230 e. The van der Waals surface area contributed by atoms with Gasteiger partial charge in [-0.2, -0.15) is 0 Å². The van der Waals surface area contributed by atoms with Crippen LogP contribution in [0.5, 0.6) is 0 Å². The Morgan fingerprint density at radius 1 is 1.27 bits per heavy atom. The average Bonchev–Trinajstić information content (AvgIpc) is 2.08. The molecule has 0 radical (unpaired) electrons. The predicted molar refractivity (Wildman–Crippen MR) is 62.0 cm³/mol. The molecule has 1 aliphatic rings. The van der Waals surface area contributed by atoms with Crippen molar-refractivity contribution in [3.05, 3.63) is 28.8 Å². The molecule has 0 aliphatic carbocycles. The van der Waals surface area contributed by atoms with Gasteiger partial charge in [-0.15, -0.1) is 0 Å². The van der Waals surface area contributed by atoms with E-state index in [0.717, 1.165) is 17.7 Å². The molecule has 15 heavy (non-hydrogen) atoms. The number of hydrogen-bond acceptors (Lipinski definition) is 1. The van der Waals surface area contributed by atoms with Crippen molar-refractivity contribution in [2.75, 3.05) is 5.32 Å². The number of nitrogens with one attached hydrogen (secondary N) is 1. The minimum atomic E-state index is -0.284. The average molecular weight is 203 g/mol. The molecule has 0 saturated heterocycles. The summed E-state index contributed by atoms with van der Waals surface area (Å²) in [6, 6.07) is 4.28. The normalized spacial score (nSPS) is 18.3. The molecule has 0 bridgehead atoms. The molecule has 1 aliphatic heterocycles. The molecule has 2 nitrogen and oxygen atoms in total. The lowest BCUT2D eigenvalue weighted by Crippen LogP contribution is -2.37. The molecule has 2 heteroatoms. The molecule has 0 aromatic heterocycles. The maximum Gasteiger partial charge on any atom is 0.230 e. The van der Waals surface area contributed by atoms with E-state index in [9.17, 15) is 4.79 Å². The van der Waals surface area contributed by atoms with Gasteiger partial charge in [0.15, 0.2) is 0 Å². The zero-order chi connectivity index (χ0) is 11.2. The highest BCUT2D eigenvalue weighted by molar-refractivity contribution is 5.98. The minimum Gasteiger partial charge on any atom is -0.325 e. The lowest BCUT2D eigenvalue weighted by Gasteiger charge is -2.31. The maximum atomic E-state index is 11.8. The molecule has 0 saturated carbocycles. The molecule has 80 valence electrons. The van der Waals surface area contributed by atoms with Crippen LogP contribution in [0.15, 0.2) is 12.1 Å². The summed E-state index contributed by atoms with van der Waals surface area (Å²) >= 11 is 0. The van der Waals surface area contributed by atoms with Gasteiger partial charge in [-0.05, 0) is 31.4 Å². The first-order valence-corrected chi connectivity index (χ1v) is 5.32. The fraction of sp³-hybridized carbons (Fsp3) is 0.462. The molecule has 1 aromatic rings. The van der Waals surface area contributed by atoms with Gasteiger partial charge in [-0.1, -0.05) is 31.5 Å². The number of hydrogen-bond donors (Lipinski definition) is 1. The zero-order valence-corrected chi connectivity index (χ0v) is 9.77. The van der Waals surface area contributed by atoms with Gasteiger partial charge >= 0.3 is 0 Å². The zero-order valence-electron chi connectivity index (χ0n) is 9.77. The van der Waals surface area contributed by atoms with Crippen molar-refractivity contribution in [3.8, 4) is 0 Å². The van der Waals surface area contributed by atoms with Crippen LogP contribution in [-0.4, -0.2) is 5.91 Å². The van der Waals surface area contributed by atoms with Crippen LogP contribution in [0.2, 0.25) is 0 Å². The highest BCUT2D eigenvalue weighted by Crippen LogP contribution is 2.35. The monoisotopic (exact) mass is 203 g/mol. The van der Waals surface area contributed by atoms with Gasteiger partial charge in [-0.3, -0.25) is 4.79 Å². The lowest BCUT2D eigenvalue weighted by molar-refractivity contribution is -0.124. The van der Waals surface area contributed by atoms with Crippen molar-refractivity contribution in [1.82, 2.24) is 0 Å². The molecular weight excluding hydrogens is 186 g/mol. The highest BCUT2D eigenvalue weighted by atomic mass is 16.2. The molecule has 1 N–H and O–H groups in total. The number of rotatable bonds is 0. The standard InChI is InChI=1S/C13H17NO/c1-8-5-9(2)11-10(6-8)7-13(3,4)12(15)14-11/h5-6H,7H2,1-4H3,(H,14,15). The molecule has 0 atom stereocenters. The van der Waals surface area contributed by atoms with E-state index in [1.54, 1.807) is 0 Å². The molecular formula is C13H17NO. The molecule has 1 aromatic carbocycles. The van der Waals surface area contributed by atoms with Crippen molar-refractivity contribution < 1.29 is 4.79 Å². The first-order valence-electron chi connectivity index (χ1n) is 5.32. The van der Waals surface area contributed by atoms with E-state index < -0.39 is 0 Å². The molecule has 2 rings (SSSR count). The highest BCUT2D eigenvalue weighted by Gasteiger charge is 2.33. The van der Waals surface area contributed by atoms with Crippen LogP contribution in [0.3, 0.4) is 0 Å². The second-order valence-corrected chi connectivity index (χ2v) is 5.13. The summed E-state index contributed by atoms with van der Waals surface area (Å²) in [4.78, 5) is 11.8. The lowest BCUT2D eigenvalue weighted by atomic mass is 9.80. The van der Waals surface area contributed by atoms with Crippen LogP contribution < -0.4 is 5.32 Å². The van der Waals surface area contributed by atoms with Crippen LogP contribution >= 0.6 is 0 Å². The number of amides is 1. The van der Waals surface area contributed by atoms with Gasteiger partial charge in [0.2, 0.25) is 5.91 Å². The van der Waals surface area contributed by atoms with E-state index in [1.807, 2.05) is 20.8 Å². The fourth-order valence-electron chi connectivity index (χ4n) is 2.21. The predicted octanol–water partition coefficient (Wildman–Crippen LogP) is 2.82. The first kappa shape index (κ1) is 10.2. The number of carbonyl (C=O) groups is 1. The molecule has 0 fully saturated rings. The summed E-state index contributed by atoms with van der Waals surface area (Å²) in [6.07, 6.45) is 0.830. The number of carbonyl (C=O) groups excluding carboxylic acids is 1. The third kappa shape index (κ3) is 1.65. The Morgan fingerprint density at radius 3 is 2.60 bits per heavy atom. The van der Waals surface area contributed by atoms with Gasteiger partial charge in [0.05, 0.1) is 0 Å². The summed E-state index contributed by atoms with van der Waals surface area (Å²) < 4.78 is 0. The van der Waals surface area contributed by atoms with E-state index in [0.29, 0.717) is 0 Å². The summed E-state index contributed by atoms with van der Waals surface area (Å²) in [5.41, 5.74) is 4.42. The quantitative estimate of drug-likeness (QED) is 0.690. The third-order valence-electron chi connectivity index (χ3n) is 3.05. The molecule has 1 heterocycles. The number of benzene rings is 1. The fourth-order valence-corrected chi connectivity index (χ4v) is 2.21. The van der Waals surface area contributed by atoms with E-state index in [4.69, 9.17) is 0 Å². The van der Waals surface area contributed by atoms with Crippen LogP contribution in [0, 0.1) is 19.3 Å². The Morgan fingerprint density at radius 2 is 1.93 bits per heavy atom. The first-order chi connectivity index (χ1) is 6.90. The maximum absolute atomic E-state index is 11.8. The molecule has 0 unspecified atom stereocenters. The molecule has 1 amide bonds. The Kier molecular flexibility index (Phi) is 2.10. The van der Waals surface area contributed by atoms with E-state index >= 15 is 0 Å². The van der Waals surface area contributed by atoms with Crippen molar-refractivity contribution in [3.63, 3.8) is 0 Å². The van der Waals surface area contributed by atoms with Crippen LogP contribution in [0.4, 0.5) is 5.69 Å².